The normalized spacial score (nSPS) is 13.7. The van der Waals surface area contributed by atoms with Gasteiger partial charge in [-0.1, -0.05) is 37.5 Å². The molecule has 1 amide bonds. The van der Waals surface area contributed by atoms with E-state index < -0.39 is 0 Å². The van der Waals surface area contributed by atoms with Crippen LogP contribution in [0, 0.1) is 12.8 Å². The average Bonchev–Trinajstić information content (AvgIpc) is 3.57. The van der Waals surface area contributed by atoms with E-state index in [0.717, 1.165) is 56.1 Å². The highest BCUT2D eigenvalue weighted by atomic mass is 32.1. The lowest BCUT2D eigenvalue weighted by molar-refractivity contribution is 0.103. The van der Waals surface area contributed by atoms with Crippen LogP contribution in [0.3, 0.4) is 0 Å². The number of imidazole rings is 1. The summed E-state index contributed by atoms with van der Waals surface area (Å²) < 4.78 is 2.15. The summed E-state index contributed by atoms with van der Waals surface area (Å²) in [7, 11) is 0. The van der Waals surface area contributed by atoms with Gasteiger partial charge in [0.15, 0.2) is 0 Å². The third-order valence-corrected chi connectivity index (χ3v) is 8.84. The van der Waals surface area contributed by atoms with Gasteiger partial charge in [-0.05, 0) is 60.7 Å². The topological polar surface area (TPSA) is 59.3 Å². The van der Waals surface area contributed by atoms with Crippen molar-refractivity contribution in [3.05, 3.63) is 93.0 Å². The number of aryl methyl sites for hydroxylation is 1. The Labute approximate surface area is 212 Å². The largest absolute Gasteiger partial charge is 0.321 e. The number of hydrogen-bond donors (Lipinski definition) is 1. The zero-order chi connectivity index (χ0) is 23.8. The van der Waals surface area contributed by atoms with E-state index in [1.165, 1.54) is 36.2 Å². The smallest absolute Gasteiger partial charge is 0.265 e. The second-order valence-electron chi connectivity index (χ2n) is 9.24. The summed E-state index contributed by atoms with van der Waals surface area (Å²) in [5, 5.41) is 4.04. The van der Waals surface area contributed by atoms with Crippen molar-refractivity contribution in [2.45, 2.75) is 39.0 Å². The fourth-order valence-corrected chi connectivity index (χ4v) is 6.46. The fraction of sp³-hybridized carbons (Fsp3) is 0.250. The third kappa shape index (κ3) is 4.66. The minimum atomic E-state index is -0.0715. The molecule has 0 radical (unpaired) electrons. The number of aromatic nitrogens is 3. The maximum atomic E-state index is 12.7. The predicted molar refractivity (Wildman–Crippen MR) is 144 cm³/mol. The first-order valence-electron chi connectivity index (χ1n) is 12.0. The Balaban J connectivity index is 1.15. The maximum Gasteiger partial charge on any atom is 0.265 e. The summed E-state index contributed by atoms with van der Waals surface area (Å²) >= 11 is 3.20. The number of pyridine rings is 1. The minimum absolute atomic E-state index is 0.0715. The molecule has 5 aromatic rings. The molecule has 1 aliphatic carbocycles. The van der Waals surface area contributed by atoms with Crippen LogP contribution in [-0.2, 0) is 12.8 Å². The van der Waals surface area contributed by atoms with E-state index in [0.29, 0.717) is 4.88 Å². The molecule has 6 rings (SSSR count). The Kier molecular flexibility index (Phi) is 5.96. The zero-order valence-electron chi connectivity index (χ0n) is 19.5. The van der Waals surface area contributed by atoms with Gasteiger partial charge in [0.05, 0.1) is 26.7 Å². The van der Waals surface area contributed by atoms with Gasteiger partial charge in [-0.15, -0.1) is 22.7 Å². The van der Waals surface area contributed by atoms with Crippen molar-refractivity contribution in [1.29, 1.82) is 0 Å². The Morgan fingerprint density at radius 2 is 1.97 bits per heavy atom. The van der Waals surface area contributed by atoms with E-state index in [2.05, 4.69) is 38.0 Å². The second-order valence-corrected chi connectivity index (χ2v) is 11.5. The molecule has 7 heteroatoms. The van der Waals surface area contributed by atoms with Gasteiger partial charge in [0.2, 0.25) is 0 Å². The number of thiophene rings is 1. The number of para-hydroxylation sites is 1. The standard InChI is InChI=1S/C28H26N4OS2/c1-18-5-2-3-8-22(18)31-28(33)24-10-9-21(34-24)15-27-30-17-25(35-27)23-16-29-26-14-20(11-12-32(23)26)13-19-6-4-7-19/h2-3,5,8-12,14,16-17,19H,4,6-7,13,15H2,1H3,(H,31,33). The van der Waals surface area contributed by atoms with Gasteiger partial charge in [0, 0.05) is 29.4 Å². The summed E-state index contributed by atoms with van der Waals surface area (Å²) in [6.07, 6.45) is 12.0. The van der Waals surface area contributed by atoms with Crippen molar-refractivity contribution >= 4 is 39.9 Å². The van der Waals surface area contributed by atoms with Gasteiger partial charge in [-0.3, -0.25) is 9.20 Å². The molecule has 176 valence electrons. The first-order valence-corrected chi connectivity index (χ1v) is 13.6. The number of nitrogens with zero attached hydrogens (tertiary/aromatic N) is 3. The summed E-state index contributed by atoms with van der Waals surface area (Å²) in [4.78, 5) is 25.0. The highest BCUT2D eigenvalue weighted by molar-refractivity contribution is 7.16. The molecule has 4 aromatic heterocycles. The zero-order valence-corrected chi connectivity index (χ0v) is 21.2. The van der Waals surface area contributed by atoms with Crippen LogP contribution in [0.5, 0.6) is 0 Å². The van der Waals surface area contributed by atoms with Crippen LogP contribution in [0.25, 0.3) is 16.2 Å². The molecule has 0 unspecified atom stereocenters. The van der Waals surface area contributed by atoms with Gasteiger partial charge in [0.25, 0.3) is 5.91 Å². The van der Waals surface area contributed by atoms with Crippen LogP contribution in [-0.4, -0.2) is 20.3 Å². The number of carbonyl (C=O) groups excluding carboxylic acids is 1. The molecule has 1 fully saturated rings. The van der Waals surface area contributed by atoms with E-state index in [4.69, 9.17) is 0 Å². The molecule has 0 bridgehead atoms. The quantitative estimate of drug-likeness (QED) is 0.262. The van der Waals surface area contributed by atoms with Crippen LogP contribution in [0.4, 0.5) is 5.69 Å². The first kappa shape index (κ1) is 22.2. The summed E-state index contributed by atoms with van der Waals surface area (Å²) in [6, 6.07) is 16.2. The molecular formula is C28H26N4OS2. The first-order chi connectivity index (χ1) is 17.1. The lowest BCUT2D eigenvalue weighted by Gasteiger charge is -2.25. The van der Waals surface area contributed by atoms with E-state index in [-0.39, 0.29) is 5.91 Å². The SMILES string of the molecule is Cc1ccccc1NC(=O)c1ccc(Cc2ncc(-c3cnc4cc(CC5CCC5)ccn34)s2)s1. The molecule has 0 atom stereocenters. The number of hydrogen-bond acceptors (Lipinski definition) is 5. The number of carbonyl (C=O) groups is 1. The average molecular weight is 499 g/mol. The molecule has 0 spiro atoms. The molecule has 1 N–H and O–H groups in total. The van der Waals surface area contributed by atoms with Crippen molar-refractivity contribution in [1.82, 2.24) is 14.4 Å². The number of thiazole rings is 1. The van der Waals surface area contributed by atoms with Gasteiger partial charge in [0.1, 0.15) is 5.65 Å². The van der Waals surface area contributed by atoms with Crippen LogP contribution in [0.1, 0.15) is 49.9 Å². The summed E-state index contributed by atoms with van der Waals surface area (Å²) in [6.45, 7) is 1.99. The monoisotopic (exact) mass is 498 g/mol. The highest BCUT2D eigenvalue weighted by Crippen LogP contribution is 2.32. The number of nitrogens with one attached hydrogen (secondary N) is 1. The molecule has 5 nitrogen and oxygen atoms in total. The van der Waals surface area contributed by atoms with Crippen LogP contribution < -0.4 is 5.32 Å². The minimum Gasteiger partial charge on any atom is -0.321 e. The Bertz CT molecular complexity index is 1510. The van der Waals surface area contributed by atoms with E-state index in [1.807, 2.05) is 55.7 Å². The van der Waals surface area contributed by atoms with Crippen molar-refractivity contribution < 1.29 is 4.79 Å². The Morgan fingerprint density at radius 3 is 2.80 bits per heavy atom. The van der Waals surface area contributed by atoms with E-state index in [9.17, 15) is 4.79 Å². The van der Waals surface area contributed by atoms with Gasteiger partial charge in [-0.2, -0.15) is 0 Å². The predicted octanol–water partition coefficient (Wildman–Crippen LogP) is 7.01. The number of anilines is 1. The van der Waals surface area contributed by atoms with Gasteiger partial charge in [-0.25, -0.2) is 9.97 Å². The molecule has 35 heavy (non-hydrogen) atoms. The maximum absolute atomic E-state index is 12.7. The molecule has 1 saturated carbocycles. The van der Waals surface area contributed by atoms with Crippen molar-refractivity contribution in [2.75, 3.05) is 5.32 Å². The molecular weight excluding hydrogens is 472 g/mol. The number of amides is 1. The summed E-state index contributed by atoms with van der Waals surface area (Å²) in [5.41, 5.74) is 5.34. The molecule has 0 aliphatic heterocycles. The highest BCUT2D eigenvalue weighted by Gasteiger charge is 2.18. The lowest BCUT2D eigenvalue weighted by Crippen LogP contribution is -2.13. The fourth-order valence-electron chi connectivity index (χ4n) is 4.51. The molecule has 4 heterocycles. The van der Waals surface area contributed by atoms with E-state index >= 15 is 0 Å². The molecule has 1 aromatic carbocycles. The van der Waals surface area contributed by atoms with Crippen molar-refractivity contribution in [3.8, 4) is 10.6 Å². The summed E-state index contributed by atoms with van der Waals surface area (Å²) in [5.74, 6) is 0.778. The third-order valence-electron chi connectivity index (χ3n) is 6.74. The van der Waals surface area contributed by atoms with Crippen LogP contribution >= 0.6 is 22.7 Å². The molecule has 0 saturated heterocycles. The van der Waals surface area contributed by atoms with E-state index in [1.54, 1.807) is 11.3 Å². The number of benzene rings is 1. The Morgan fingerprint density at radius 1 is 1.09 bits per heavy atom. The molecule has 1 aliphatic rings. The van der Waals surface area contributed by atoms with Gasteiger partial charge < -0.3 is 5.32 Å². The Hall–Kier alpha value is -3.29. The number of fused-ring (bicyclic) bond motifs is 1. The van der Waals surface area contributed by atoms with Crippen LogP contribution in [0.2, 0.25) is 0 Å². The second kappa shape index (κ2) is 9.40. The lowest BCUT2D eigenvalue weighted by atomic mass is 9.81. The number of rotatable bonds is 7. The van der Waals surface area contributed by atoms with Crippen molar-refractivity contribution in [2.24, 2.45) is 5.92 Å². The van der Waals surface area contributed by atoms with Crippen LogP contribution in [0.15, 0.2) is 67.1 Å². The van der Waals surface area contributed by atoms with Crippen molar-refractivity contribution in [3.63, 3.8) is 0 Å². The van der Waals surface area contributed by atoms with Gasteiger partial charge >= 0.3 is 0 Å².